The zero-order chi connectivity index (χ0) is 31.0. The Morgan fingerprint density at radius 2 is 1.61 bits per heavy atom. The van der Waals surface area contributed by atoms with Crippen LogP contribution in [0.15, 0.2) is 18.2 Å². The molecule has 11 heteroatoms. The molecule has 1 heterocycles. The number of carbonyl (C=O) groups excluding carboxylic acids is 3. The highest BCUT2D eigenvalue weighted by Crippen LogP contribution is 2.29. The highest BCUT2D eigenvalue weighted by molar-refractivity contribution is 6.35. The summed E-state index contributed by atoms with van der Waals surface area (Å²) in [6, 6.07) is 3.83. The van der Waals surface area contributed by atoms with Crippen LogP contribution in [0.1, 0.15) is 80.2 Å². The normalized spacial score (nSPS) is 22.1. The van der Waals surface area contributed by atoms with Crippen LogP contribution in [-0.4, -0.2) is 72.3 Å². The van der Waals surface area contributed by atoms with Gasteiger partial charge >= 0.3 is 18.2 Å². The molecule has 9 nitrogen and oxygen atoms in total. The first-order valence-electron chi connectivity index (χ1n) is 14.1. The van der Waals surface area contributed by atoms with Gasteiger partial charge in [-0.05, 0) is 79.0 Å². The van der Waals surface area contributed by atoms with Gasteiger partial charge in [-0.2, -0.15) is 4.90 Å². The van der Waals surface area contributed by atoms with E-state index in [1.54, 1.807) is 60.6 Å². The molecule has 2 amide bonds. The number of esters is 1. The Kier molecular flexibility index (Phi) is 13.2. The van der Waals surface area contributed by atoms with Gasteiger partial charge in [-0.3, -0.25) is 0 Å². The molecule has 232 valence electrons. The fourth-order valence-corrected chi connectivity index (χ4v) is 4.81. The van der Waals surface area contributed by atoms with Crippen LogP contribution >= 0.6 is 23.2 Å². The first-order chi connectivity index (χ1) is 19.0. The standard InChI is InChI=1S/C30H45Cl2NO8/c1-9-10-11-14-38-25-19(2)39-26(34)24(18-37-17-21(25)15-20-12-13-22(31)16-23(20)32)33(27(35)40-29(3,4)5)28(36)41-30(6,7)8/h12-13,16,19,21,24-25H,9-11,14-15,17-18H2,1-8H3. The molecule has 0 N–H and O–H groups in total. The molecule has 0 saturated carbocycles. The molecule has 1 saturated heterocycles. The summed E-state index contributed by atoms with van der Waals surface area (Å²) < 4.78 is 29.1. The number of halogens is 2. The number of rotatable bonds is 8. The lowest BCUT2D eigenvalue weighted by Crippen LogP contribution is -2.54. The van der Waals surface area contributed by atoms with Crippen molar-refractivity contribution >= 4 is 41.4 Å². The molecule has 1 fully saturated rings. The Morgan fingerprint density at radius 1 is 1.00 bits per heavy atom. The topological polar surface area (TPSA) is 101 Å². The van der Waals surface area contributed by atoms with Gasteiger partial charge in [0, 0.05) is 22.6 Å². The van der Waals surface area contributed by atoms with Crippen molar-refractivity contribution in [3.63, 3.8) is 0 Å². The van der Waals surface area contributed by atoms with Crippen LogP contribution < -0.4 is 0 Å². The molecule has 4 unspecified atom stereocenters. The van der Waals surface area contributed by atoms with E-state index in [4.69, 9.17) is 46.9 Å². The summed E-state index contributed by atoms with van der Waals surface area (Å²) in [5.74, 6) is -1.10. The first-order valence-corrected chi connectivity index (χ1v) is 14.9. The lowest BCUT2D eigenvalue weighted by Gasteiger charge is -2.33. The predicted octanol–water partition coefficient (Wildman–Crippen LogP) is 7.23. The monoisotopic (exact) mass is 617 g/mol. The Balaban J connectivity index is 2.42. The van der Waals surface area contributed by atoms with E-state index >= 15 is 0 Å². The quantitative estimate of drug-likeness (QED) is 0.171. The fourth-order valence-electron chi connectivity index (χ4n) is 4.33. The second-order valence-corrected chi connectivity index (χ2v) is 13.1. The first kappa shape index (κ1) is 35.1. The zero-order valence-electron chi connectivity index (χ0n) is 25.5. The number of imide groups is 1. The fraction of sp³-hybridized carbons (Fsp3) is 0.700. The van der Waals surface area contributed by atoms with E-state index in [-0.39, 0.29) is 19.1 Å². The van der Waals surface area contributed by atoms with Crippen LogP contribution in [0.4, 0.5) is 9.59 Å². The average Bonchev–Trinajstić information content (AvgIpc) is 2.86. The van der Waals surface area contributed by atoms with Crippen molar-refractivity contribution < 1.29 is 38.1 Å². The molecule has 0 aliphatic carbocycles. The van der Waals surface area contributed by atoms with Crippen molar-refractivity contribution in [2.75, 3.05) is 19.8 Å². The van der Waals surface area contributed by atoms with Crippen molar-refractivity contribution in [1.29, 1.82) is 0 Å². The van der Waals surface area contributed by atoms with Gasteiger partial charge in [-0.15, -0.1) is 0 Å². The third-order valence-electron chi connectivity index (χ3n) is 6.16. The molecule has 0 aromatic heterocycles. The van der Waals surface area contributed by atoms with Gasteiger partial charge in [0.05, 0.1) is 19.3 Å². The van der Waals surface area contributed by atoms with Crippen molar-refractivity contribution in [2.24, 2.45) is 5.92 Å². The molecule has 2 rings (SSSR count). The van der Waals surface area contributed by atoms with Crippen molar-refractivity contribution in [3.05, 3.63) is 33.8 Å². The van der Waals surface area contributed by atoms with Crippen LogP contribution in [0, 0.1) is 5.92 Å². The number of unbranched alkanes of at least 4 members (excludes halogenated alkanes) is 2. The van der Waals surface area contributed by atoms with Crippen molar-refractivity contribution in [3.8, 4) is 0 Å². The Morgan fingerprint density at radius 3 is 2.15 bits per heavy atom. The molecule has 41 heavy (non-hydrogen) atoms. The van der Waals surface area contributed by atoms with Gasteiger partial charge in [-0.1, -0.05) is 49.0 Å². The average molecular weight is 619 g/mol. The molecule has 4 atom stereocenters. The molecule has 1 aliphatic rings. The van der Waals surface area contributed by atoms with E-state index in [9.17, 15) is 14.4 Å². The van der Waals surface area contributed by atoms with Gasteiger partial charge < -0.3 is 23.7 Å². The summed E-state index contributed by atoms with van der Waals surface area (Å²) in [6.45, 7) is 14.1. The van der Waals surface area contributed by atoms with Crippen LogP contribution in [0.25, 0.3) is 0 Å². The summed E-state index contributed by atoms with van der Waals surface area (Å²) in [4.78, 5) is 40.6. The molecule has 1 aromatic carbocycles. The van der Waals surface area contributed by atoms with E-state index in [1.807, 2.05) is 6.07 Å². The molecular formula is C30H45Cl2NO8. The number of amides is 2. The number of hydrogen-bond donors (Lipinski definition) is 0. The number of carbonyl (C=O) groups is 3. The third-order valence-corrected chi connectivity index (χ3v) is 6.74. The Labute approximate surface area is 254 Å². The number of hydrogen-bond acceptors (Lipinski definition) is 8. The van der Waals surface area contributed by atoms with Crippen LogP contribution in [0.3, 0.4) is 0 Å². The van der Waals surface area contributed by atoms with Gasteiger partial charge in [0.15, 0.2) is 6.04 Å². The summed E-state index contributed by atoms with van der Waals surface area (Å²) in [7, 11) is 0. The number of cyclic esters (lactones) is 1. The summed E-state index contributed by atoms with van der Waals surface area (Å²) in [6.07, 6.45) is -0.0328. The zero-order valence-corrected chi connectivity index (χ0v) is 27.0. The van der Waals surface area contributed by atoms with E-state index in [1.165, 1.54) is 0 Å². The van der Waals surface area contributed by atoms with E-state index < -0.39 is 47.6 Å². The number of nitrogens with zero attached hydrogens (tertiary/aromatic N) is 1. The lowest BCUT2D eigenvalue weighted by molar-refractivity contribution is -0.163. The minimum Gasteiger partial charge on any atom is -0.458 e. The van der Waals surface area contributed by atoms with E-state index in [2.05, 4.69) is 6.92 Å². The second kappa shape index (κ2) is 15.4. The van der Waals surface area contributed by atoms with Crippen LogP contribution in [0.2, 0.25) is 10.0 Å². The largest absolute Gasteiger partial charge is 0.458 e. The lowest BCUT2D eigenvalue weighted by atomic mass is 9.91. The van der Waals surface area contributed by atoms with Gasteiger partial charge in [0.1, 0.15) is 17.3 Å². The van der Waals surface area contributed by atoms with Crippen molar-refractivity contribution in [1.82, 2.24) is 4.90 Å². The van der Waals surface area contributed by atoms with Gasteiger partial charge in [-0.25, -0.2) is 14.4 Å². The predicted molar refractivity (Wildman–Crippen MR) is 157 cm³/mol. The smallest absolute Gasteiger partial charge is 0.420 e. The highest BCUT2D eigenvalue weighted by Gasteiger charge is 2.44. The molecule has 1 aromatic rings. The maximum Gasteiger partial charge on any atom is 0.420 e. The molecule has 0 spiro atoms. The molecule has 0 bridgehead atoms. The molecule has 1 aliphatic heterocycles. The van der Waals surface area contributed by atoms with Crippen LogP contribution in [0.5, 0.6) is 0 Å². The van der Waals surface area contributed by atoms with Gasteiger partial charge in [0.2, 0.25) is 0 Å². The van der Waals surface area contributed by atoms with E-state index in [0.717, 1.165) is 24.8 Å². The molecular weight excluding hydrogens is 573 g/mol. The summed E-state index contributed by atoms with van der Waals surface area (Å²) in [5.41, 5.74) is -1.03. The minimum absolute atomic E-state index is 0.144. The Hall–Kier alpha value is -2.07. The second-order valence-electron chi connectivity index (χ2n) is 12.3. The van der Waals surface area contributed by atoms with Gasteiger partial charge in [0.25, 0.3) is 0 Å². The number of benzene rings is 1. The van der Waals surface area contributed by atoms with Crippen LogP contribution in [-0.2, 0) is 34.9 Å². The third kappa shape index (κ3) is 11.6. The summed E-state index contributed by atoms with van der Waals surface area (Å²) >= 11 is 12.6. The SMILES string of the molecule is CCCCCOC1C(Cc2ccc(Cl)cc2Cl)COCC(N(C(=O)OC(C)(C)C)C(=O)OC(C)(C)C)C(=O)OC1C. The molecule has 0 radical (unpaired) electrons. The van der Waals surface area contributed by atoms with E-state index in [0.29, 0.717) is 28.0 Å². The highest BCUT2D eigenvalue weighted by atomic mass is 35.5. The minimum atomic E-state index is -1.44. The maximum absolute atomic E-state index is 13.5. The summed E-state index contributed by atoms with van der Waals surface area (Å²) in [5, 5.41) is 1.03. The number of ether oxygens (including phenoxy) is 5. The van der Waals surface area contributed by atoms with Crippen molar-refractivity contribution in [2.45, 2.75) is 111 Å². The Bertz CT molecular complexity index is 1010. The maximum atomic E-state index is 13.5.